The van der Waals surface area contributed by atoms with E-state index in [9.17, 15) is 14.0 Å². The number of hydrogen-bond acceptors (Lipinski definition) is 7. The lowest BCUT2D eigenvalue weighted by molar-refractivity contribution is -0.137. The van der Waals surface area contributed by atoms with Crippen LogP contribution in [0.5, 0.6) is 0 Å². The second-order valence-corrected chi connectivity index (χ2v) is 11.6. The molecule has 2 amide bonds. The Bertz CT molecular complexity index is 2190. The largest absolute Gasteiger partial charge is 0.382 e. The number of para-hydroxylation sites is 1. The van der Waals surface area contributed by atoms with Gasteiger partial charge in [-0.15, -0.1) is 0 Å². The molecule has 2 unspecified atom stereocenters. The fraction of sp³-hybridized carbons (Fsp3) is 0.206. The third kappa shape index (κ3) is 5.35. The summed E-state index contributed by atoms with van der Waals surface area (Å²) in [6.07, 6.45) is 1.69. The molecule has 7 rings (SSSR count). The van der Waals surface area contributed by atoms with Crippen LogP contribution in [0.15, 0.2) is 79.1 Å². The van der Waals surface area contributed by atoms with Crippen LogP contribution in [-0.2, 0) is 23.2 Å². The summed E-state index contributed by atoms with van der Waals surface area (Å²) in [6.45, 7) is 1.52. The molecule has 1 aliphatic heterocycles. The van der Waals surface area contributed by atoms with Gasteiger partial charge in [0.15, 0.2) is 0 Å². The first-order valence-electron chi connectivity index (χ1n) is 15.1. The van der Waals surface area contributed by atoms with E-state index in [0.29, 0.717) is 22.1 Å². The fourth-order valence-electron chi connectivity index (χ4n) is 6.26. The Kier molecular flexibility index (Phi) is 7.43. The van der Waals surface area contributed by atoms with Crippen molar-refractivity contribution in [1.29, 1.82) is 5.41 Å². The molecular weight excluding hydrogens is 599 g/mol. The number of rotatable bonds is 7. The lowest BCUT2D eigenvalue weighted by Gasteiger charge is -2.24. The van der Waals surface area contributed by atoms with Crippen LogP contribution in [0.1, 0.15) is 17.7 Å². The standard InChI is InChI=1S/C34H31FN10O2/c1-19-6-3-4-7-23(19)33-41-31-25(8-5-9-27(31)43(33)2)40-34(47)28-15-22(35)17-44(28)29(46)18-45-26-11-10-20(21-12-13-38-39-16-21)14-24(26)30(42-45)32(36)37/h3-14,16,22,28H,15,17-18H2,1-2H3,(H3,36,37)(H,40,47). The Morgan fingerprint density at radius 3 is 2.64 bits per heavy atom. The highest BCUT2D eigenvalue weighted by Crippen LogP contribution is 2.31. The van der Waals surface area contributed by atoms with E-state index in [1.54, 1.807) is 30.6 Å². The predicted molar refractivity (Wildman–Crippen MR) is 176 cm³/mol. The molecule has 13 heteroatoms. The molecule has 1 aliphatic rings. The molecule has 236 valence electrons. The average molecular weight is 631 g/mol. The molecule has 0 radical (unpaired) electrons. The van der Waals surface area contributed by atoms with Gasteiger partial charge in [-0.25, -0.2) is 9.37 Å². The van der Waals surface area contributed by atoms with Crippen molar-refractivity contribution in [2.45, 2.75) is 32.1 Å². The molecule has 0 aliphatic carbocycles. The van der Waals surface area contributed by atoms with E-state index in [1.807, 2.05) is 67.1 Å². The number of likely N-dealkylation sites (tertiary alicyclic amines) is 1. The highest BCUT2D eigenvalue weighted by molar-refractivity contribution is 6.07. The number of fused-ring (bicyclic) bond motifs is 2. The number of imidazole rings is 1. The molecule has 6 aromatic rings. The minimum atomic E-state index is -1.37. The number of aromatic nitrogens is 6. The third-order valence-electron chi connectivity index (χ3n) is 8.64. The molecule has 47 heavy (non-hydrogen) atoms. The zero-order valence-corrected chi connectivity index (χ0v) is 25.7. The first kappa shape index (κ1) is 29.7. The zero-order valence-electron chi connectivity index (χ0n) is 25.7. The number of benzene rings is 3. The molecular formula is C34H31FN10O2. The second kappa shape index (κ2) is 11.7. The number of nitrogen functional groups attached to an aromatic ring is 1. The van der Waals surface area contributed by atoms with Crippen molar-refractivity contribution in [2.24, 2.45) is 12.8 Å². The van der Waals surface area contributed by atoms with Crippen LogP contribution in [0, 0.1) is 12.3 Å². The fourth-order valence-corrected chi connectivity index (χ4v) is 6.26. The van der Waals surface area contributed by atoms with Crippen LogP contribution >= 0.6 is 0 Å². The maximum absolute atomic E-state index is 14.9. The molecule has 3 aromatic heterocycles. The van der Waals surface area contributed by atoms with E-state index < -0.39 is 24.0 Å². The summed E-state index contributed by atoms with van der Waals surface area (Å²) >= 11 is 0. The lowest BCUT2D eigenvalue weighted by Crippen LogP contribution is -2.44. The van der Waals surface area contributed by atoms with Gasteiger partial charge in [-0.2, -0.15) is 15.3 Å². The molecule has 3 aromatic carbocycles. The minimum absolute atomic E-state index is 0.133. The van der Waals surface area contributed by atoms with Gasteiger partial charge in [-0.1, -0.05) is 36.4 Å². The zero-order chi connectivity index (χ0) is 32.8. The first-order valence-corrected chi connectivity index (χ1v) is 15.1. The SMILES string of the molecule is Cc1ccccc1-c1nc2c(NC(=O)C3CC(F)CN3C(=O)Cn3nc(C(=N)N)c4cc(-c5ccnnc5)ccc43)cccc2n1C. The van der Waals surface area contributed by atoms with Crippen LogP contribution in [0.4, 0.5) is 10.1 Å². The molecule has 2 atom stereocenters. The number of amidine groups is 1. The van der Waals surface area contributed by atoms with E-state index in [4.69, 9.17) is 16.1 Å². The van der Waals surface area contributed by atoms with Gasteiger partial charge in [-0.3, -0.25) is 19.7 Å². The van der Waals surface area contributed by atoms with Gasteiger partial charge in [0.2, 0.25) is 11.8 Å². The number of nitrogens with two attached hydrogens (primary N) is 1. The summed E-state index contributed by atoms with van der Waals surface area (Å²) in [5, 5.41) is 23.8. The maximum atomic E-state index is 14.9. The second-order valence-electron chi connectivity index (χ2n) is 11.6. The molecule has 1 fully saturated rings. The van der Waals surface area contributed by atoms with Crippen molar-refractivity contribution in [3.8, 4) is 22.5 Å². The molecule has 0 bridgehead atoms. The Hall–Kier alpha value is -5.98. The summed E-state index contributed by atoms with van der Waals surface area (Å²) in [6, 6.07) is 19.6. The predicted octanol–water partition coefficient (Wildman–Crippen LogP) is 4.22. The summed E-state index contributed by atoms with van der Waals surface area (Å²) in [5.41, 5.74) is 12.2. The van der Waals surface area contributed by atoms with Crippen molar-refractivity contribution in [3.05, 3.63) is 90.4 Å². The number of carbonyl (C=O) groups excluding carboxylic acids is 2. The number of amides is 2. The van der Waals surface area contributed by atoms with E-state index in [1.165, 1.54) is 9.58 Å². The van der Waals surface area contributed by atoms with Gasteiger partial charge in [0.25, 0.3) is 0 Å². The van der Waals surface area contributed by atoms with Crippen molar-refractivity contribution in [1.82, 2.24) is 34.4 Å². The van der Waals surface area contributed by atoms with E-state index >= 15 is 0 Å². The quantitative estimate of drug-likeness (QED) is 0.176. The van der Waals surface area contributed by atoms with Crippen molar-refractivity contribution >= 4 is 45.3 Å². The Balaban J connectivity index is 1.15. The van der Waals surface area contributed by atoms with Crippen LogP contribution in [0.3, 0.4) is 0 Å². The molecule has 4 heterocycles. The van der Waals surface area contributed by atoms with Crippen LogP contribution in [0.25, 0.3) is 44.5 Å². The number of alkyl halides is 1. The topological polar surface area (TPSA) is 161 Å². The summed E-state index contributed by atoms with van der Waals surface area (Å²) in [7, 11) is 1.92. The molecule has 0 spiro atoms. The smallest absolute Gasteiger partial charge is 0.247 e. The van der Waals surface area contributed by atoms with E-state index in [0.717, 1.165) is 33.6 Å². The number of halogens is 1. The van der Waals surface area contributed by atoms with Crippen LogP contribution in [0.2, 0.25) is 0 Å². The molecule has 4 N–H and O–H groups in total. The number of anilines is 1. The summed E-state index contributed by atoms with van der Waals surface area (Å²) < 4.78 is 18.3. The Labute approximate surface area is 268 Å². The summed E-state index contributed by atoms with van der Waals surface area (Å²) in [5.74, 6) is -0.491. The van der Waals surface area contributed by atoms with Gasteiger partial charge in [0.05, 0.1) is 35.7 Å². The highest BCUT2D eigenvalue weighted by Gasteiger charge is 2.40. The normalized spacial score (nSPS) is 16.2. The van der Waals surface area contributed by atoms with Crippen molar-refractivity contribution in [2.75, 3.05) is 11.9 Å². The number of hydrogen-bond donors (Lipinski definition) is 3. The van der Waals surface area contributed by atoms with Crippen LogP contribution in [-0.4, -0.2) is 70.8 Å². The molecule has 12 nitrogen and oxygen atoms in total. The summed E-state index contributed by atoms with van der Waals surface area (Å²) in [4.78, 5) is 33.5. The number of carbonyl (C=O) groups is 2. The number of aryl methyl sites for hydroxylation is 2. The van der Waals surface area contributed by atoms with Gasteiger partial charge in [-0.05, 0) is 48.4 Å². The average Bonchev–Trinajstić information content (AvgIpc) is 3.75. The number of nitrogens with zero attached hydrogens (tertiary/aromatic N) is 7. The molecule has 1 saturated heterocycles. The third-order valence-corrected chi connectivity index (χ3v) is 8.64. The maximum Gasteiger partial charge on any atom is 0.247 e. The minimum Gasteiger partial charge on any atom is -0.382 e. The first-order chi connectivity index (χ1) is 22.7. The van der Waals surface area contributed by atoms with Gasteiger partial charge in [0.1, 0.15) is 41.6 Å². The Morgan fingerprint density at radius 1 is 1.04 bits per heavy atom. The molecule has 0 saturated carbocycles. The van der Waals surface area contributed by atoms with Gasteiger partial charge < -0.3 is 20.5 Å². The van der Waals surface area contributed by atoms with E-state index in [-0.39, 0.29) is 31.0 Å². The van der Waals surface area contributed by atoms with Gasteiger partial charge >= 0.3 is 0 Å². The number of nitrogens with one attached hydrogen (secondary N) is 2. The lowest BCUT2D eigenvalue weighted by atomic mass is 10.0. The van der Waals surface area contributed by atoms with Crippen LogP contribution < -0.4 is 11.1 Å². The van der Waals surface area contributed by atoms with Crippen molar-refractivity contribution < 1.29 is 14.0 Å². The van der Waals surface area contributed by atoms with Gasteiger partial charge in [0, 0.05) is 30.0 Å². The van der Waals surface area contributed by atoms with Crippen molar-refractivity contribution in [3.63, 3.8) is 0 Å². The highest BCUT2D eigenvalue weighted by atomic mass is 19.1. The Morgan fingerprint density at radius 2 is 1.87 bits per heavy atom. The monoisotopic (exact) mass is 630 g/mol. The van der Waals surface area contributed by atoms with E-state index in [2.05, 4.69) is 20.6 Å².